The molecule has 3 fully saturated rings. The molecule has 0 radical (unpaired) electrons. The lowest BCUT2D eigenvalue weighted by atomic mass is 9.58. The Hall–Kier alpha value is -0.0400. The van der Waals surface area contributed by atoms with Crippen LogP contribution in [0.4, 0.5) is 0 Å². The van der Waals surface area contributed by atoms with Crippen molar-refractivity contribution in [2.75, 3.05) is 7.11 Å². The van der Waals surface area contributed by atoms with E-state index in [0.29, 0.717) is 16.9 Å². The second-order valence-corrected chi connectivity index (χ2v) is 7.14. The number of rotatable bonds is 1. The summed E-state index contributed by atoms with van der Waals surface area (Å²) in [5.74, 6) is 1.80. The van der Waals surface area contributed by atoms with Crippen molar-refractivity contribution in [2.45, 2.75) is 64.9 Å². The first-order valence-corrected chi connectivity index (χ1v) is 7.13. The summed E-state index contributed by atoms with van der Waals surface area (Å²) in [5, 5.41) is 0. The van der Waals surface area contributed by atoms with Crippen LogP contribution in [-0.4, -0.2) is 13.2 Å². The van der Waals surface area contributed by atoms with E-state index >= 15 is 0 Å². The fourth-order valence-electron chi connectivity index (χ4n) is 5.34. The minimum atomic E-state index is 0.433. The van der Waals surface area contributed by atoms with Gasteiger partial charge in [-0.25, -0.2) is 0 Å². The highest BCUT2D eigenvalue weighted by molar-refractivity contribution is 5.12. The first-order valence-electron chi connectivity index (χ1n) is 7.13. The van der Waals surface area contributed by atoms with E-state index in [1.165, 1.54) is 44.9 Å². The molecule has 3 rings (SSSR count). The standard InChI is InChI=1S/C15H26O/c1-14(2)11-9-12(13(14)16-3)15(10-11)7-5-4-6-8-15/h11-13H,4-10H2,1-3H3. The highest BCUT2D eigenvalue weighted by Crippen LogP contribution is 2.67. The Morgan fingerprint density at radius 2 is 1.75 bits per heavy atom. The molecule has 3 saturated carbocycles. The molecule has 3 aliphatic rings. The Labute approximate surface area is 99.9 Å². The third-order valence-electron chi connectivity index (χ3n) is 6.23. The minimum Gasteiger partial charge on any atom is -0.381 e. The highest BCUT2D eigenvalue weighted by Gasteiger charge is 2.63. The summed E-state index contributed by atoms with van der Waals surface area (Å²) in [6.45, 7) is 4.86. The molecule has 3 atom stereocenters. The summed E-state index contributed by atoms with van der Waals surface area (Å²) < 4.78 is 5.89. The molecule has 0 heterocycles. The molecule has 1 nitrogen and oxygen atoms in total. The van der Waals surface area contributed by atoms with E-state index in [2.05, 4.69) is 13.8 Å². The van der Waals surface area contributed by atoms with Crippen LogP contribution < -0.4 is 0 Å². The third-order valence-corrected chi connectivity index (χ3v) is 6.23. The normalized spacial score (nSPS) is 44.1. The average Bonchev–Trinajstić information content (AvgIpc) is 2.71. The molecule has 3 aliphatic carbocycles. The third kappa shape index (κ3) is 1.27. The van der Waals surface area contributed by atoms with Crippen LogP contribution in [-0.2, 0) is 4.74 Å². The smallest absolute Gasteiger partial charge is 0.0658 e. The number of ether oxygens (including phenoxy) is 1. The SMILES string of the molecule is COC1C2CC(CC23CCCCC3)C1(C)C. The van der Waals surface area contributed by atoms with Crippen LogP contribution in [0.3, 0.4) is 0 Å². The van der Waals surface area contributed by atoms with E-state index in [0.717, 1.165) is 11.8 Å². The first-order chi connectivity index (χ1) is 7.60. The van der Waals surface area contributed by atoms with E-state index < -0.39 is 0 Å². The average molecular weight is 222 g/mol. The van der Waals surface area contributed by atoms with Gasteiger partial charge in [-0.15, -0.1) is 0 Å². The van der Waals surface area contributed by atoms with E-state index in [9.17, 15) is 0 Å². The van der Waals surface area contributed by atoms with Crippen molar-refractivity contribution in [1.29, 1.82) is 0 Å². The van der Waals surface area contributed by atoms with E-state index in [-0.39, 0.29) is 0 Å². The number of fused-ring (bicyclic) bond motifs is 3. The van der Waals surface area contributed by atoms with Gasteiger partial charge in [0.1, 0.15) is 0 Å². The van der Waals surface area contributed by atoms with Crippen molar-refractivity contribution < 1.29 is 4.74 Å². The van der Waals surface area contributed by atoms with Crippen LogP contribution >= 0.6 is 0 Å². The van der Waals surface area contributed by atoms with Gasteiger partial charge in [0.2, 0.25) is 0 Å². The largest absolute Gasteiger partial charge is 0.381 e. The van der Waals surface area contributed by atoms with Crippen molar-refractivity contribution in [3.05, 3.63) is 0 Å². The molecule has 2 bridgehead atoms. The van der Waals surface area contributed by atoms with Crippen molar-refractivity contribution >= 4 is 0 Å². The van der Waals surface area contributed by atoms with Gasteiger partial charge in [-0.2, -0.15) is 0 Å². The summed E-state index contributed by atoms with van der Waals surface area (Å²) in [7, 11) is 1.93. The maximum atomic E-state index is 5.89. The van der Waals surface area contributed by atoms with Gasteiger partial charge in [0.25, 0.3) is 0 Å². The van der Waals surface area contributed by atoms with Crippen LogP contribution in [0.25, 0.3) is 0 Å². The molecule has 0 amide bonds. The van der Waals surface area contributed by atoms with Gasteiger partial charge in [0.15, 0.2) is 0 Å². The number of hydrogen-bond acceptors (Lipinski definition) is 1. The van der Waals surface area contributed by atoms with Crippen molar-refractivity contribution in [2.24, 2.45) is 22.7 Å². The topological polar surface area (TPSA) is 9.23 Å². The van der Waals surface area contributed by atoms with Crippen LogP contribution in [0.15, 0.2) is 0 Å². The Kier molecular flexibility index (Phi) is 2.41. The molecule has 92 valence electrons. The molecular formula is C15H26O. The zero-order chi connectivity index (χ0) is 11.4. The Morgan fingerprint density at radius 1 is 1.06 bits per heavy atom. The molecule has 0 aromatic heterocycles. The predicted molar refractivity (Wildman–Crippen MR) is 66.3 cm³/mol. The van der Waals surface area contributed by atoms with Gasteiger partial charge in [-0.05, 0) is 48.3 Å². The molecule has 0 aromatic carbocycles. The van der Waals surface area contributed by atoms with E-state index in [4.69, 9.17) is 4.74 Å². The number of methoxy groups -OCH3 is 1. The molecular weight excluding hydrogens is 196 g/mol. The maximum Gasteiger partial charge on any atom is 0.0658 e. The zero-order valence-electron chi connectivity index (χ0n) is 11.1. The van der Waals surface area contributed by atoms with Crippen LogP contribution in [0.2, 0.25) is 0 Å². The summed E-state index contributed by atoms with van der Waals surface area (Å²) in [6, 6.07) is 0. The highest BCUT2D eigenvalue weighted by atomic mass is 16.5. The molecule has 0 N–H and O–H groups in total. The summed E-state index contributed by atoms with van der Waals surface area (Å²) >= 11 is 0. The van der Waals surface area contributed by atoms with Crippen LogP contribution in [0.1, 0.15) is 58.8 Å². The second-order valence-electron chi connectivity index (χ2n) is 7.14. The van der Waals surface area contributed by atoms with Gasteiger partial charge >= 0.3 is 0 Å². The Balaban J connectivity index is 1.88. The van der Waals surface area contributed by atoms with Gasteiger partial charge < -0.3 is 4.74 Å². The van der Waals surface area contributed by atoms with Crippen LogP contribution in [0, 0.1) is 22.7 Å². The lowest BCUT2D eigenvalue weighted by Gasteiger charge is -2.49. The molecule has 16 heavy (non-hydrogen) atoms. The lowest BCUT2D eigenvalue weighted by Crippen LogP contribution is -2.46. The minimum absolute atomic E-state index is 0.433. The fraction of sp³-hybridized carbons (Fsp3) is 1.00. The lowest BCUT2D eigenvalue weighted by molar-refractivity contribution is -0.0915. The van der Waals surface area contributed by atoms with E-state index in [1.54, 1.807) is 0 Å². The maximum absolute atomic E-state index is 5.89. The van der Waals surface area contributed by atoms with E-state index in [1.807, 2.05) is 7.11 Å². The molecule has 0 aliphatic heterocycles. The molecule has 1 spiro atoms. The van der Waals surface area contributed by atoms with Gasteiger partial charge in [0, 0.05) is 7.11 Å². The second kappa shape index (κ2) is 3.48. The zero-order valence-corrected chi connectivity index (χ0v) is 11.1. The molecule has 0 aromatic rings. The van der Waals surface area contributed by atoms with Gasteiger partial charge in [0.05, 0.1) is 6.10 Å². The Bertz CT molecular complexity index is 275. The monoisotopic (exact) mass is 222 g/mol. The van der Waals surface area contributed by atoms with Gasteiger partial charge in [-0.3, -0.25) is 0 Å². The van der Waals surface area contributed by atoms with Crippen molar-refractivity contribution in [1.82, 2.24) is 0 Å². The Morgan fingerprint density at radius 3 is 2.31 bits per heavy atom. The summed E-state index contributed by atoms with van der Waals surface area (Å²) in [5.41, 5.74) is 1.13. The molecule has 3 unspecified atom stereocenters. The molecule has 0 saturated heterocycles. The van der Waals surface area contributed by atoms with Crippen molar-refractivity contribution in [3.63, 3.8) is 0 Å². The predicted octanol–water partition coefficient (Wildman–Crippen LogP) is 4.02. The fourth-order valence-corrected chi connectivity index (χ4v) is 5.34. The van der Waals surface area contributed by atoms with Crippen molar-refractivity contribution in [3.8, 4) is 0 Å². The molecule has 1 heteroatoms. The summed E-state index contributed by atoms with van der Waals surface area (Å²) in [6.07, 6.45) is 10.9. The summed E-state index contributed by atoms with van der Waals surface area (Å²) in [4.78, 5) is 0. The number of hydrogen-bond donors (Lipinski definition) is 0. The quantitative estimate of drug-likeness (QED) is 0.651. The van der Waals surface area contributed by atoms with Gasteiger partial charge in [-0.1, -0.05) is 33.1 Å². The first kappa shape index (κ1) is 11.1. The van der Waals surface area contributed by atoms with Crippen LogP contribution in [0.5, 0.6) is 0 Å².